The van der Waals surface area contributed by atoms with Crippen LogP contribution in [0.1, 0.15) is 15.9 Å². The number of aromatic nitrogens is 2. The molecule has 2 aromatic heterocycles. The number of pyridine rings is 1. The van der Waals surface area contributed by atoms with Crippen LogP contribution < -0.4 is 11.3 Å². The molecule has 2 aromatic rings. The van der Waals surface area contributed by atoms with Crippen molar-refractivity contribution in [1.29, 1.82) is 0 Å². The number of nitrogens with one attached hydrogen (secondary N) is 1. The van der Waals surface area contributed by atoms with Crippen molar-refractivity contribution < 1.29 is 9.32 Å². The molecule has 6 nitrogen and oxygen atoms in total. The number of H-pyrrole nitrogens is 1. The molecule has 3 N–H and O–H groups in total. The van der Waals surface area contributed by atoms with Gasteiger partial charge in [-0.25, -0.2) is 0 Å². The van der Waals surface area contributed by atoms with Gasteiger partial charge in [-0.2, -0.15) is 5.16 Å². The number of nitrogens with zero attached hydrogens (tertiary/aromatic N) is 1. The molecule has 76 valence electrons. The Morgan fingerprint density at radius 3 is 2.87 bits per heavy atom. The normalized spacial score (nSPS) is 10.1. The lowest BCUT2D eigenvalue weighted by atomic mass is 10.1. The summed E-state index contributed by atoms with van der Waals surface area (Å²) in [5.41, 5.74) is 4.80. The van der Waals surface area contributed by atoms with E-state index >= 15 is 0 Å². The van der Waals surface area contributed by atoms with Gasteiger partial charge in [-0.1, -0.05) is 0 Å². The summed E-state index contributed by atoms with van der Waals surface area (Å²) in [6.07, 6.45) is 2.88. The van der Waals surface area contributed by atoms with E-state index in [1.54, 1.807) is 12.1 Å². The molecule has 0 aliphatic heterocycles. The number of hydrogen-bond acceptors (Lipinski definition) is 5. The minimum Gasteiger partial charge on any atom is -0.367 e. The smallest absolute Gasteiger partial charge is 0.293 e. The second-order valence-corrected chi connectivity index (χ2v) is 2.84. The zero-order chi connectivity index (χ0) is 10.8. The monoisotopic (exact) mass is 205 g/mol. The molecule has 15 heavy (non-hydrogen) atoms. The summed E-state index contributed by atoms with van der Waals surface area (Å²) in [4.78, 5) is 26.7. The van der Waals surface area contributed by atoms with Gasteiger partial charge in [-0.05, 0) is 12.1 Å². The molecule has 0 saturated carbocycles. The van der Waals surface area contributed by atoms with E-state index in [1.165, 1.54) is 12.4 Å². The highest BCUT2D eigenvalue weighted by Gasteiger charge is 2.19. The molecule has 0 aliphatic carbocycles. The number of carbonyl (C=O) groups is 1. The molecule has 0 fully saturated rings. The highest BCUT2D eigenvalue weighted by atomic mass is 16.5. The van der Waals surface area contributed by atoms with Gasteiger partial charge in [-0.15, -0.1) is 0 Å². The molecule has 2 rings (SSSR count). The summed E-state index contributed by atoms with van der Waals surface area (Å²) in [5.74, 6) is -0.718. The Morgan fingerprint density at radius 1 is 1.53 bits per heavy atom. The molecule has 0 bridgehead atoms. The van der Waals surface area contributed by atoms with Gasteiger partial charge >= 0.3 is 0 Å². The van der Waals surface area contributed by atoms with E-state index in [0.29, 0.717) is 0 Å². The molecule has 0 radical (unpaired) electrons. The van der Waals surface area contributed by atoms with E-state index in [4.69, 9.17) is 5.73 Å². The van der Waals surface area contributed by atoms with Crippen molar-refractivity contribution >= 4 is 11.7 Å². The fourth-order valence-corrected chi connectivity index (χ4v) is 1.17. The maximum absolute atomic E-state index is 11.7. The highest BCUT2D eigenvalue weighted by Crippen LogP contribution is 2.10. The van der Waals surface area contributed by atoms with Crippen LogP contribution in [0.5, 0.6) is 0 Å². The van der Waals surface area contributed by atoms with Crippen molar-refractivity contribution in [3.05, 3.63) is 46.0 Å². The quantitative estimate of drug-likeness (QED) is 0.680. The minimum atomic E-state index is -0.638. The lowest BCUT2D eigenvalue weighted by Crippen LogP contribution is -2.14. The second kappa shape index (κ2) is 3.41. The Balaban J connectivity index is 2.51. The van der Waals surface area contributed by atoms with E-state index in [-0.39, 0.29) is 17.0 Å². The average molecular weight is 205 g/mol. The molecule has 0 spiro atoms. The standard InChI is InChI=1S/C9H7N3O3/c10-8-6(9(14)12-15-8)7(13)5-2-1-3-11-4-5/h1-4H,10H2,(H,12,14). The van der Waals surface area contributed by atoms with Crippen LogP contribution in [0.3, 0.4) is 0 Å². The fraction of sp³-hybridized carbons (Fsp3) is 0. The number of aromatic amines is 1. The van der Waals surface area contributed by atoms with Crippen LogP contribution in [-0.4, -0.2) is 15.9 Å². The van der Waals surface area contributed by atoms with E-state index < -0.39 is 11.3 Å². The van der Waals surface area contributed by atoms with Gasteiger partial charge in [0.15, 0.2) is 5.56 Å². The van der Waals surface area contributed by atoms with E-state index in [9.17, 15) is 9.59 Å². The van der Waals surface area contributed by atoms with Gasteiger partial charge < -0.3 is 10.3 Å². The van der Waals surface area contributed by atoms with Gasteiger partial charge in [0.25, 0.3) is 5.56 Å². The maximum Gasteiger partial charge on any atom is 0.293 e. The fourth-order valence-electron chi connectivity index (χ4n) is 1.17. The third-order valence-electron chi connectivity index (χ3n) is 1.88. The summed E-state index contributed by atoms with van der Waals surface area (Å²) in [7, 11) is 0. The SMILES string of the molecule is Nc1o[nH]c(=O)c1C(=O)c1cccnc1. The molecule has 0 aromatic carbocycles. The molecule has 0 saturated heterocycles. The number of nitrogens with two attached hydrogens (primary N) is 1. The van der Waals surface area contributed by atoms with Gasteiger partial charge in [0.05, 0.1) is 0 Å². The Labute approximate surface area is 83.7 Å². The van der Waals surface area contributed by atoms with E-state index in [1.807, 2.05) is 5.16 Å². The Kier molecular flexibility index (Phi) is 2.09. The van der Waals surface area contributed by atoms with Crippen molar-refractivity contribution in [2.45, 2.75) is 0 Å². The third kappa shape index (κ3) is 1.52. The van der Waals surface area contributed by atoms with Crippen LogP contribution in [0, 0.1) is 0 Å². The summed E-state index contributed by atoms with van der Waals surface area (Å²) in [6, 6.07) is 3.14. The number of nitrogen functional groups attached to an aromatic ring is 1. The molecule has 6 heteroatoms. The lowest BCUT2D eigenvalue weighted by molar-refractivity contribution is 0.103. The van der Waals surface area contributed by atoms with Gasteiger partial charge in [-0.3, -0.25) is 14.6 Å². The van der Waals surface area contributed by atoms with Crippen LogP contribution in [0.15, 0.2) is 33.8 Å². The minimum absolute atomic E-state index is 0.192. The number of hydrogen-bond donors (Lipinski definition) is 2. The predicted octanol–water partition coefficient (Wildman–Crippen LogP) is 0.176. The summed E-state index contributed by atoms with van der Waals surface area (Å²) >= 11 is 0. The summed E-state index contributed by atoms with van der Waals surface area (Å²) in [6.45, 7) is 0. The second-order valence-electron chi connectivity index (χ2n) is 2.84. The molecule has 0 amide bonds. The van der Waals surface area contributed by atoms with Crippen LogP contribution in [-0.2, 0) is 0 Å². The van der Waals surface area contributed by atoms with Crippen LogP contribution in [0.4, 0.5) is 5.88 Å². The highest BCUT2D eigenvalue weighted by molar-refractivity contribution is 6.10. The molecule has 0 unspecified atom stereocenters. The number of anilines is 1. The number of rotatable bonds is 2. The molecular formula is C9H7N3O3. The molecule has 0 aliphatic rings. The Hall–Kier alpha value is -2.37. The van der Waals surface area contributed by atoms with Crippen LogP contribution in [0.2, 0.25) is 0 Å². The Bertz CT molecular complexity index is 541. The van der Waals surface area contributed by atoms with E-state index in [0.717, 1.165) is 0 Å². The largest absolute Gasteiger partial charge is 0.367 e. The van der Waals surface area contributed by atoms with Crippen LogP contribution in [0.25, 0.3) is 0 Å². The first-order chi connectivity index (χ1) is 7.20. The van der Waals surface area contributed by atoms with Gasteiger partial charge in [0, 0.05) is 18.0 Å². The van der Waals surface area contributed by atoms with Crippen molar-refractivity contribution in [2.75, 3.05) is 5.73 Å². The molecule has 0 atom stereocenters. The summed E-state index contributed by atoms with van der Waals surface area (Å²) < 4.78 is 4.54. The first kappa shape index (κ1) is 9.20. The van der Waals surface area contributed by atoms with Crippen molar-refractivity contribution in [3.63, 3.8) is 0 Å². The summed E-state index contributed by atoms with van der Waals surface area (Å²) in [5, 5.41) is 1.99. The topological polar surface area (TPSA) is 102 Å². The molecule has 2 heterocycles. The Morgan fingerprint density at radius 2 is 2.33 bits per heavy atom. The van der Waals surface area contributed by atoms with Gasteiger partial charge in [0.2, 0.25) is 11.7 Å². The predicted molar refractivity (Wildman–Crippen MR) is 51.4 cm³/mol. The van der Waals surface area contributed by atoms with Gasteiger partial charge in [0.1, 0.15) is 0 Å². The average Bonchev–Trinajstić information content (AvgIpc) is 2.59. The van der Waals surface area contributed by atoms with E-state index in [2.05, 4.69) is 9.51 Å². The van der Waals surface area contributed by atoms with Crippen molar-refractivity contribution in [1.82, 2.24) is 10.1 Å². The maximum atomic E-state index is 11.7. The zero-order valence-corrected chi connectivity index (χ0v) is 7.56. The van der Waals surface area contributed by atoms with Crippen LogP contribution >= 0.6 is 0 Å². The van der Waals surface area contributed by atoms with Crippen molar-refractivity contribution in [3.8, 4) is 0 Å². The van der Waals surface area contributed by atoms with Crippen molar-refractivity contribution in [2.24, 2.45) is 0 Å². The first-order valence-electron chi connectivity index (χ1n) is 4.12. The zero-order valence-electron chi connectivity index (χ0n) is 7.56. The number of carbonyl (C=O) groups excluding carboxylic acids is 1. The molecular weight excluding hydrogens is 198 g/mol. The third-order valence-corrected chi connectivity index (χ3v) is 1.88. The first-order valence-corrected chi connectivity index (χ1v) is 4.12. The number of ketones is 1. The lowest BCUT2D eigenvalue weighted by Gasteiger charge is -1.95.